The number of thiophene rings is 1. The molecule has 6 nitrogen and oxygen atoms in total. The van der Waals surface area contributed by atoms with Gasteiger partial charge in [-0.3, -0.25) is 9.20 Å². The van der Waals surface area contributed by atoms with Crippen LogP contribution in [0.4, 0.5) is 0 Å². The zero-order chi connectivity index (χ0) is 18.2. The molecule has 1 saturated heterocycles. The van der Waals surface area contributed by atoms with Gasteiger partial charge in [0.1, 0.15) is 11.9 Å². The SMILES string of the molecule is O=C(C[C@@H]1OCCc2ccsc21)N1CCC[C@@H](c2nnc3ccccn23)C1. The summed E-state index contributed by atoms with van der Waals surface area (Å²) in [7, 11) is 0. The van der Waals surface area contributed by atoms with Gasteiger partial charge in [-0.25, -0.2) is 0 Å². The van der Waals surface area contributed by atoms with E-state index in [1.807, 2.05) is 33.7 Å². The van der Waals surface area contributed by atoms with Crippen LogP contribution in [-0.4, -0.2) is 45.1 Å². The summed E-state index contributed by atoms with van der Waals surface area (Å²) in [5, 5.41) is 10.8. The number of nitrogens with zero attached hydrogens (tertiary/aromatic N) is 4. The molecule has 0 N–H and O–H groups in total. The number of hydrogen-bond acceptors (Lipinski definition) is 5. The predicted molar refractivity (Wildman–Crippen MR) is 103 cm³/mol. The normalized spacial score (nSPS) is 22.7. The second-order valence-electron chi connectivity index (χ2n) is 7.29. The quantitative estimate of drug-likeness (QED) is 0.698. The Morgan fingerprint density at radius 3 is 3.22 bits per heavy atom. The molecule has 0 aromatic carbocycles. The third-order valence-electron chi connectivity index (χ3n) is 5.60. The number of amides is 1. The highest BCUT2D eigenvalue weighted by Gasteiger charge is 2.31. The number of carbonyl (C=O) groups excluding carboxylic acids is 1. The fraction of sp³-hybridized carbons (Fsp3) is 0.450. The summed E-state index contributed by atoms with van der Waals surface area (Å²) >= 11 is 1.70. The van der Waals surface area contributed by atoms with Gasteiger partial charge in [-0.2, -0.15) is 0 Å². The van der Waals surface area contributed by atoms with Crippen molar-refractivity contribution in [3.63, 3.8) is 0 Å². The number of hydrogen-bond donors (Lipinski definition) is 0. The summed E-state index contributed by atoms with van der Waals surface area (Å²) in [6, 6.07) is 8.08. The lowest BCUT2D eigenvalue weighted by Gasteiger charge is -2.33. The third-order valence-corrected chi connectivity index (χ3v) is 6.65. The third kappa shape index (κ3) is 3.15. The van der Waals surface area contributed by atoms with Gasteiger partial charge in [0.25, 0.3) is 0 Å². The predicted octanol–water partition coefficient (Wildman–Crippen LogP) is 3.20. The first-order valence-corrected chi connectivity index (χ1v) is 10.4. The van der Waals surface area contributed by atoms with E-state index in [1.165, 1.54) is 10.4 Å². The second-order valence-corrected chi connectivity index (χ2v) is 8.24. The number of pyridine rings is 1. The van der Waals surface area contributed by atoms with Gasteiger partial charge in [-0.05, 0) is 48.4 Å². The van der Waals surface area contributed by atoms with Crippen molar-refractivity contribution in [1.29, 1.82) is 0 Å². The van der Waals surface area contributed by atoms with Gasteiger partial charge in [-0.1, -0.05) is 6.07 Å². The van der Waals surface area contributed by atoms with Crippen LogP contribution in [0.2, 0.25) is 0 Å². The monoisotopic (exact) mass is 382 g/mol. The van der Waals surface area contributed by atoms with Crippen LogP contribution in [0.5, 0.6) is 0 Å². The molecule has 1 fully saturated rings. The molecule has 3 aromatic rings. The zero-order valence-electron chi connectivity index (χ0n) is 15.1. The van der Waals surface area contributed by atoms with Crippen LogP contribution in [0.1, 0.15) is 47.5 Å². The lowest BCUT2D eigenvalue weighted by molar-refractivity contribution is -0.135. The number of ether oxygens (including phenoxy) is 1. The zero-order valence-corrected chi connectivity index (χ0v) is 15.9. The van der Waals surface area contributed by atoms with Crippen molar-refractivity contribution in [1.82, 2.24) is 19.5 Å². The molecule has 1 amide bonds. The van der Waals surface area contributed by atoms with Crippen LogP contribution in [0.15, 0.2) is 35.8 Å². The molecule has 0 unspecified atom stereocenters. The first kappa shape index (κ1) is 16.9. The first-order chi connectivity index (χ1) is 13.3. The first-order valence-electron chi connectivity index (χ1n) is 9.55. The molecule has 5 rings (SSSR count). The molecule has 7 heteroatoms. The van der Waals surface area contributed by atoms with E-state index >= 15 is 0 Å². The van der Waals surface area contributed by atoms with Gasteiger partial charge in [-0.15, -0.1) is 21.5 Å². The highest BCUT2D eigenvalue weighted by Crippen LogP contribution is 2.35. The maximum atomic E-state index is 13.0. The lowest BCUT2D eigenvalue weighted by atomic mass is 9.96. The smallest absolute Gasteiger partial charge is 0.225 e. The van der Waals surface area contributed by atoms with E-state index in [4.69, 9.17) is 4.74 Å². The molecule has 0 bridgehead atoms. The molecule has 0 saturated carbocycles. The average molecular weight is 382 g/mol. The molecular formula is C20H22N4O2S. The summed E-state index contributed by atoms with van der Waals surface area (Å²) in [5.74, 6) is 1.36. The molecule has 27 heavy (non-hydrogen) atoms. The van der Waals surface area contributed by atoms with E-state index in [-0.39, 0.29) is 17.9 Å². The van der Waals surface area contributed by atoms with Gasteiger partial charge in [0.15, 0.2) is 5.65 Å². The Hall–Kier alpha value is -2.25. The van der Waals surface area contributed by atoms with Crippen molar-refractivity contribution in [2.24, 2.45) is 0 Å². The fourth-order valence-corrected chi connectivity index (χ4v) is 5.22. The number of rotatable bonds is 3. The van der Waals surface area contributed by atoms with Crippen LogP contribution in [0, 0.1) is 0 Å². The van der Waals surface area contributed by atoms with E-state index in [9.17, 15) is 4.79 Å². The number of carbonyl (C=O) groups is 1. The van der Waals surface area contributed by atoms with Crippen LogP contribution >= 0.6 is 11.3 Å². The molecule has 140 valence electrons. The minimum absolute atomic E-state index is 0.0875. The van der Waals surface area contributed by atoms with Crippen molar-refractivity contribution < 1.29 is 9.53 Å². The van der Waals surface area contributed by atoms with E-state index < -0.39 is 0 Å². The molecule has 0 radical (unpaired) electrons. The molecule has 0 spiro atoms. The Balaban J connectivity index is 1.31. The highest BCUT2D eigenvalue weighted by atomic mass is 32.1. The van der Waals surface area contributed by atoms with Gasteiger partial charge < -0.3 is 9.64 Å². The Labute approximate surface area is 161 Å². The van der Waals surface area contributed by atoms with Crippen LogP contribution < -0.4 is 0 Å². The van der Waals surface area contributed by atoms with Crippen molar-refractivity contribution in [2.45, 2.75) is 37.7 Å². The molecule has 5 heterocycles. The number of likely N-dealkylation sites (tertiary alicyclic amines) is 1. The van der Waals surface area contributed by atoms with Crippen molar-refractivity contribution in [3.8, 4) is 0 Å². The van der Waals surface area contributed by atoms with Crippen LogP contribution in [0.25, 0.3) is 5.65 Å². The number of piperidine rings is 1. The maximum absolute atomic E-state index is 13.0. The maximum Gasteiger partial charge on any atom is 0.225 e. The Kier molecular flexibility index (Phi) is 4.41. The van der Waals surface area contributed by atoms with Crippen molar-refractivity contribution in [3.05, 3.63) is 52.1 Å². The minimum atomic E-state index is -0.0875. The molecule has 3 aromatic heterocycles. The molecule has 0 aliphatic carbocycles. The summed E-state index contributed by atoms with van der Waals surface area (Å²) < 4.78 is 7.96. The highest BCUT2D eigenvalue weighted by molar-refractivity contribution is 7.10. The van der Waals surface area contributed by atoms with Crippen LogP contribution in [0.3, 0.4) is 0 Å². The Morgan fingerprint density at radius 2 is 2.26 bits per heavy atom. The fourth-order valence-electron chi connectivity index (χ4n) is 4.22. The van der Waals surface area contributed by atoms with E-state index in [0.717, 1.165) is 37.3 Å². The Bertz CT molecular complexity index is 966. The van der Waals surface area contributed by atoms with Crippen molar-refractivity contribution >= 4 is 22.9 Å². The Morgan fingerprint density at radius 1 is 1.30 bits per heavy atom. The van der Waals surface area contributed by atoms with E-state index in [2.05, 4.69) is 21.6 Å². The summed E-state index contributed by atoms with van der Waals surface area (Å²) in [5.41, 5.74) is 2.20. The minimum Gasteiger partial charge on any atom is -0.372 e. The lowest BCUT2D eigenvalue weighted by Crippen LogP contribution is -2.40. The summed E-state index contributed by atoms with van der Waals surface area (Å²) in [6.07, 6.45) is 5.33. The summed E-state index contributed by atoms with van der Waals surface area (Å²) in [6.45, 7) is 2.23. The topological polar surface area (TPSA) is 59.7 Å². The second kappa shape index (κ2) is 7.05. The molecule has 2 aliphatic rings. The van der Waals surface area contributed by atoms with E-state index in [0.29, 0.717) is 19.6 Å². The van der Waals surface area contributed by atoms with Gasteiger partial charge >= 0.3 is 0 Å². The summed E-state index contributed by atoms with van der Waals surface area (Å²) in [4.78, 5) is 16.2. The molecule has 2 aliphatic heterocycles. The number of aromatic nitrogens is 3. The van der Waals surface area contributed by atoms with Gasteiger partial charge in [0.2, 0.25) is 5.91 Å². The van der Waals surface area contributed by atoms with Crippen LogP contribution in [-0.2, 0) is 16.0 Å². The molecular weight excluding hydrogens is 360 g/mol. The van der Waals surface area contributed by atoms with Gasteiger partial charge in [0, 0.05) is 30.1 Å². The van der Waals surface area contributed by atoms with E-state index in [1.54, 1.807) is 11.3 Å². The van der Waals surface area contributed by atoms with Gasteiger partial charge in [0.05, 0.1) is 13.0 Å². The average Bonchev–Trinajstić information content (AvgIpc) is 3.35. The van der Waals surface area contributed by atoms with Crippen molar-refractivity contribution in [2.75, 3.05) is 19.7 Å². The standard InChI is InChI=1S/C20H22N4O2S/c25-18(12-16-19-14(6-10-26-16)7-11-27-19)23-8-3-4-15(13-23)20-22-21-17-5-1-2-9-24(17)20/h1-2,5,7,9,11,15-16H,3-4,6,8,10,12-13H2/t15-,16+/m1/s1. The molecule has 2 atom stereocenters. The largest absolute Gasteiger partial charge is 0.372 e. The number of fused-ring (bicyclic) bond motifs is 2.